The fourth-order valence-electron chi connectivity index (χ4n) is 11.6. The van der Waals surface area contributed by atoms with Crippen molar-refractivity contribution in [2.75, 3.05) is 9.80 Å². The first-order valence-corrected chi connectivity index (χ1v) is 24.9. The Morgan fingerprint density at radius 1 is 0.365 bits per heavy atom. The highest BCUT2D eigenvalue weighted by atomic mass is 15.1. The van der Waals surface area contributed by atoms with Gasteiger partial charge in [-0.05, 0) is 141 Å². The molecule has 3 nitrogen and oxygen atoms in total. The molecule has 1 aliphatic rings. The molecule has 1 aromatic heterocycles. The average Bonchev–Trinajstić information content (AvgIpc) is 2.63. The Kier molecular flexibility index (Phi) is 8.75. The maximum atomic E-state index is 10.6. The van der Waals surface area contributed by atoms with Crippen LogP contribution in [0, 0.1) is 0 Å². The molecule has 14 rings (SSSR count). The predicted octanol–water partition coefficient (Wildman–Crippen LogP) is 18.9. The third-order valence-corrected chi connectivity index (χ3v) is 14.6. The molecule has 1 atom stereocenters. The molecule has 0 saturated heterocycles. The van der Waals surface area contributed by atoms with Gasteiger partial charge in [0.05, 0.1) is 31.7 Å². The molecule has 1 unspecified atom stereocenters. The molecule has 0 fully saturated rings. The molecule has 0 spiro atoms. The first-order valence-electron chi connectivity index (χ1n) is 28.4. The summed E-state index contributed by atoms with van der Waals surface area (Å²) in [7, 11) is 0. The summed E-state index contributed by atoms with van der Waals surface area (Å²) in [6.45, 7) is 0. The average molecular weight is 951 g/mol. The minimum absolute atomic E-state index is 0.109. The van der Waals surface area contributed by atoms with Crippen molar-refractivity contribution in [2.24, 2.45) is 0 Å². The second-order valence-corrected chi connectivity index (χ2v) is 18.7. The van der Waals surface area contributed by atoms with Crippen LogP contribution in [0.3, 0.4) is 0 Å². The molecule has 348 valence electrons. The zero-order chi connectivity index (χ0) is 55.1. The second-order valence-electron chi connectivity index (χ2n) is 18.7. The number of benzene rings is 12. The highest BCUT2D eigenvalue weighted by Gasteiger charge is 2.48. The highest BCUT2D eigenvalue weighted by molar-refractivity contribution is 6.12. The molecule has 12 aromatic carbocycles. The van der Waals surface area contributed by atoms with E-state index in [0.717, 1.165) is 101 Å². The molecule has 0 amide bonds. The topological polar surface area (TPSA) is 11.4 Å². The molecule has 0 bridgehead atoms. The summed E-state index contributed by atoms with van der Waals surface area (Å²) >= 11 is 0. The first kappa shape index (κ1) is 36.3. The number of aromatic nitrogens is 1. The monoisotopic (exact) mass is 950 g/mol. The van der Waals surface area contributed by atoms with Crippen LogP contribution in [-0.2, 0) is 5.41 Å². The van der Waals surface area contributed by atoms with Crippen molar-refractivity contribution in [3.05, 3.63) is 319 Å². The van der Waals surface area contributed by atoms with Crippen molar-refractivity contribution in [1.82, 2.24) is 4.57 Å². The minimum Gasteiger partial charge on any atom is -0.310 e. The van der Waals surface area contributed by atoms with Gasteiger partial charge in [-0.1, -0.05) is 206 Å². The third-order valence-electron chi connectivity index (χ3n) is 14.6. The van der Waals surface area contributed by atoms with E-state index in [9.17, 15) is 6.85 Å². The van der Waals surface area contributed by atoms with Gasteiger partial charge in [-0.2, -0.15) is 0 Å². The number of para-hydroxylation sites is 7. The van der Waals surface area contributed by atoms with Gasteiger partial charge in [-0.25, -0.2) is 0 Å². The fourth-order valence-corrected chi connectivity index (χ4v) is 11.6. The van der Waals surface area contributed by atoms with Crippen molar-refractivity contribution in [1.29, 1.82) is 0 Å². The summed E-state index contributed by atoms with van der Waals surface area (Å²) in [5.41, 5.74) is 12.7. The van der Waals surface area contributed by atoms with Crippen LogP contribution < -0.4 is 9.80 Å². The van der Waals surface area contributed by atoms with Crippen LogP contribution in [0.5, 0.6) is 0 Å². The van der Waals surface area contributed by atoms with Gasteiger partial charge in [0.1, 0.15) is 0 Å². The van der Waals surface area contributed by atoms with E-state index in [2.05, 4.69) is 172 Å². The van der Waals surface area contributed by atoms with Gasteiger partial charge in [0.2, 0.25) is 0 Å². The first-order chi connectivity index (χ1) is 39.7. The summed E-state index contributed by atoms with van der Waals surface area (Å²) in [4.78, 5) is 4.50. The summed E-state index contributed by atoms with van der Waals surface area (Å²) in [5, 5.41) is 1.67. The third kappa shape index (κ3) is 6.89. The maximum Gasteiger partial charge on any atom is 0.0734 e. The molecular formula is C71H49N3. The zero-order valence-electron chi connectivity index (χ0n) is 47.1. The van der Waals surface area contributed by atoms with Crippen LogP contribution in [0.25, 0.3) is 60.5 Å². The lowest BCUT2D eigenvalue weighted by atomic mass is 9.67. The number of rotatable bonds is 10. The quantitative estimate of drug-likeness (QED) is 0.135. The molecule has 74 heavy (non-hydrogen) atoms. The number of anilines is 6. The van der Waals surface area contributed by atoms with Crippen LogP contribution in [-0.4, -0.2) is 4.57 Å². The standard InChI is InChI=1S/C71H49N3/c1-6-24-51(25-7-1)60-35-18-20-39-68(60)73(56-31-12-4-13-32-56)59-44-46-66-64(49-59)63-48-58(72(54-27-8-2-9-28-54)55-29-10-3-11-30-55)43-45-65(63)71(66,53-42-41-50-23-16-17-26-52(50)47-53)67-38-22-37-62-61-36-19-21-40-69(61)74(70(62)67)57-33-14-5-15-34-57/h1-49H/i16D,17D,23D,26D,41D,42D,47D. The van der Waals surface area contributed by atoms with Crippen molar-refractivity contribution in [3.63, 3.8) is 0 Å². The Labute approximate surface area is 441 Å². The van der Waals surface area contributed by atoms with Crippen molar-refractivity contribution in [2.45, 2.75) is 5.41 Å². The molecule has 0 aliphatic heterocycles. The smallest absolute Gasteiger partial charge is 0.0734 e. The Bertz CT molecular complexity index is 4570. The Hall–Kier alpha value is -9.70. The van der Waals surface area contributed by atoms with E-state index >= 15 is 0 Å². The number of hydrogen-bond donors (Lipinski definition) is 0. The Morgan fingerprint density at radius 2 is 0.892 bits per heavy atom. The molecule has 13 aromatic rings. The lowest BCUT2D eigenvalue weighted by Gasteiger charge is -2.36. The highest BCUT2D eigenvalue weighted by Crippen LogP contribution is 2.60. The van der Waals surface area contributed by atoms with Gasteiger partial charge in [-0.15, -0.1) is 0 Å². The van der Waals surface area contributed by atoms with Crippen molar-refractivity contribution < 1.29 is 9.60 Å². The lowest BCUT2D eigenvalue weighted by Crippen LogP contribution is -2.29. The van der Waals surface area contributed by atoms with Crippen LogP contribution in [0.15, 0.2) is 297 Å². The Balaban J connectivity index is 1.18. The SMILES string of the molecule is [2H]c1c([2H])c([2H])c2c([2H])c(C3(c4cccc5c6ccccc6n(-c6ccccc6)c45)c4ccc(N(c5ccccc5)c5ccccc5)cc4-c4cc(N(c5ccccc5)c5ccccc5-c5ccccc5)ccc43)c([2H])c([2H])c2c1[2H]. The van der Waals surface area contributed by atoms with Crippen LogP contribution >= 0.6 is 0 Å². The van der Waals surface area contributed by atoms with Gasteiger partial charge in [0, 0.05) is 50.5 Å². The second kappa shape index (κ2) is 17.9. The number of nitrogens with zero attached hydrogens (tertiary/aromatic N) is 3. The molecule has 0 N–H and O–H groups in total. The lowest BCUT2D eigenvalue weighted by molar-refractivity contribution is 0.773. The normalized spacial score (nSPS) is 15.1. The van der Waals surface area contributed by atoms with Crippen molar-refractivity contribution >= 4 is 66.7 Å². The van der Waals surface area contributed by atoms with Gasteiger partial charge >= 0.3 is 0 Å². The predicted molar refractivity (Wildman–Crippen MR) is 310 cm³/mol. The zero-order valence-corrected chi connectivity index (χ0v) is 40.1. The van der Waals surface area contributed by atoms with Crippen LogP contribution in [0.4, 0.5) is 34.1 Å². The number of fused-ring (bicyclic) bond motifs is 7. The summed E-state index contributed by atoms with van der Waals surface area (Å²) in [6, 6.07) is 84.4. The van der Waals surface area contributed by atoms with E-state index in [-0.39, 0.29) is 34.5 Å². The molecule has 3 heteroatoms. The van der Waals surface area contributed by atoms with E-state index in [4.69, 9.17) is 2.74 Å². The van der Waals surface area contributed by atoms with E-state index < -0.39 is 29.6 Å². The Morgan fingerprint density at radius 3 is 1.55 bits per heavy atom. The van der Waals surface area contributed by atoms with Crippen LogP contribution in [0.1, 0.15) is 31.8 Å². The molecule has 0 saturated carbocycles. The van der Waals surface area contributed by atoms with Crippen molar-refractivity contribution in [3.8, 4) is 27.9 Å². The van der Waals surface area contributed by atoms with Gasteiger partial charge in [0.15, 0.2) is 0 Å². The van der Waals surface area contributed by atoms with E-state index in [0.29, 0.717) is 0 Å². The molecule has 1 aliphatic carbocycles. The molecular weight excluding hydrogens is 895 g/mol. The van der Waals surface area contributed by atoms with Gasteiger partial charge in [-0.3, -0.25) is 0 Å². The fraction of sp³-hybridized carbons (Fsp3) is 0.0141. The summed E-state index contributed by atoms with van der Waals surface area (Å²) in [5.74, 6) is 0. The summed E-state index contributed by atoms with van der Waals surface area (Å²) in [6.07, 6.45) is 0. The number of hydrogen-bond acceptors (Lipinski definition) is 2. The van der Waals surface area contributed by atoms with E-state index in [1.165, 1.54) is 0 Å². The van der Waals surface area contributed by atoms with E-state index in [1.54, 1.807) is 0 Å². The van der Waals surface area contributed by atoms with Gasteiger partial charge < -0.3 is 14.4 Å². The summed E-state index contributed by atoms with van der Waals surface area (Å²) < 4.78 is 69.7. The van der Waals surface area contributed by atoms with E-state index in [1.807, 2.05) is 97.1 Å². The molecule has 0 radical (unpaired) electrons. The minimum atomic E-state index is -1.58. The largest absolute Gasteiger partial charge is 0.310 e. The maximum absolute atomic E-state index is 10.6. The van der Waals surface area contributed by atoms with Gasteiger partial charge in [0.25, 0.3) is 0 Å². The van der Waals surface area contributed by atoms with Crippen LogP contribution in [0.2, 0.25) is 0 Å². The molecule has 1 heterocycles.